The molecule has 1 aromatic carbocycles. The zero-order valence-electron chi connectivity index (χ0n) is 32.7. The molecule has 0 fully saturated rings. The second-order valence-corrected chi connectivity index (χ2v) is 13.8. The normalized spacial score (nSPS) is 10.3. The van der Waals surface area contributed by atoms with Gasteiger partial charge < -0.3 is 24.9 Å². The number of carboxylic acid groups (broad SMARTS) is 3. The average molecular weight is 754 g/mol. The fourth-order valence-corrected chi connectivity index (χ4v) is 5.86. The van der Waals surface area contributed by atoms with E-state index in [0.717, 1.165) is 25.7 Å². The molecule has 0 spiro atoms. The van der Waals surface area contributed by atoms with E-state index in [1.807, 2.05) is 0 Å². The van der Waals surface area contributed by atoms with Crippen LogP contribution in [0.5, 0.6) is 0 Å². The van der Waals surface area contributed by atoms with Crippen LogP contribution in [0.15, 0.2) is 30.3 Å². The van der Waals surface area contributed by atoms with Crippen molar-refractivity contribution in [2.24, 2.45) is 0 Å². The molecular weight excluding hydrogens is 678 g/mol. The number of aromatic carboxylic acids is 1. The smallest absolute Gasteiger partial charge is 0.550 e. The van der Waals surface area contributed by atoms with E-state index in [2.05, 4.69) is 13.8 Å². The first-order chi connectivity index (χ1) is 23.8. The van der Waals surface area contributed by atoms with Crippen LogP contribution in [0.3, 0.4) is 0 Å². The standard InChI is InChI=1S/2C18H36O2.C7H6O2.Zn/c2*1-2-3-4-5-6-7-8-9-10-11-12-13-14-15-16-17-18(19)20;8-7(9)6-4-2-1-3-5-6;/h2*2-17H2,1H3,(H,19,20);1-5H,(H,8,9);/q;;;+2/p-2. The molecule has 0 unspecified atom stereocenters. The number of carboxylic acids is 3. The van der Waals surface area contributed by atoms with E-state index >= 15 is 0 Å². The SMILES string of the molecule is CCCCCCCCCCCCCCCCCC(=O)[O-].CCCCCCCCCCCCCCCCCC(=O)[O-].O=C(O)c1ccccc1.[Zn+2]. The minimum atomic E-state index is -0.903. The van der Waals surface area contributed by atoms with Gasteiger partial charge in [0.25, 0.3) is 0 Å². The number of hydrogen-bond acceptors (Lipinski definition) is 5. The zero-order chi connectivity index (χ0) is 36.5. The van der Waals surface area contributed by atoms with Gasteiger partial charge in [-0.2, -0.15) is 0 Å². The van der Waals surface area contributed by atoms with Gasteiger partial charge >= 0.3 is 25.4 Å². The number of aliphatic carboxylic acids is 2. The third-order valence-corrected chi connectivity index (χ3v) is 8.99. The Morgan fingerprint density at radius 1 is 0.420 bits per heavy atom. The Morgan fingerprint density at radius 2 is 0.640 bits per heavy atom. The van der Waals surface area contributed by atoms with Gasteiger partial charge in [0.15, 0.2) is 0 Å². The van der Waals surface area contributed by atoms with Gasteiger partial charge in [0.2, 0.25) is 0 Å². The van der Waals surface area contributed by atoms with Gasteiger partial charge in [0.05, 0.1) is 5.56 Å². The molecule has 1 aromatic rings. The fraction of sp³-hybridized carbons (Fsp3) is 0.791. The molecule has 0 aliphatic heterocycles. The van der Waals surface area contributed by atoms with Crippen molar-refractivity contribution >= 4 is 17.9 Å². The van der Waals surface area contributed by atoms with Crippen molar-refractivity contribution in [1.82, 2.24) is 0 Å². The van der Waals surface area contributed by atoms with Crippen molar-refractivity contribution in [3.8, 4) is 0 Å². The third kappa shape index (κ3) is 48.4. The van der Waals surface area contributed by atoms with Crippen LogP contribution >= 0.6 is 0 Å². The van der Waals surface area contributed by atoms with Gasteiger partial charge in [-0.15, -0.1) is 0 Å². The summed E-state index contributed by atoms with van der Waals surface area (Å²) >= 11 is 0. The molecule has 0 heterocycles. The second kappa shape index (κ2) is 45.3. The largest absolute Gasteiger partial charge is 2.00 e. The minimum absolute atomic E-state index is 0. The summed E-state index contributed by atoms with van der Waals surface area (Å²) in [5.74, 6) is -2.69. The second-order valence-electron chi connectivity index (χ2n) is 13.8. The van der Waals surface area contributed by atoms with Gasteiger partial charge in [0.1, 0.15) is 0 Å². The summed E-state index contributed by atoms with van der Waals surface area (Å²) in [6.07, 6.45) is 39.7. The maximum absolute atomic E-state index is 10.2. The van der Waals surface area contributed by atoms with Crippen LogP contribution in [-0.4, -0.2) is 23.0 Å². The summed E-state index contributed by atoms with van der Waals surface area (Å²) in [4.78, 5) is 30.6. The molecule has 0 aliphatic rings. The number of benzene rings is 1. The Balaban J connectivity index is -0.000000699. The Morgan fingerprint density at radius 3 is 0.820 bits per heavy atom. The maximum Gasteiger partial charge on any atom is 2.00 e. The molecule has 0 saturated carbocycles. The first kappa shape index (κ1) is 52.6. The number of hydrogen-bond donors (Lipinski definition) is 1. The van der Waals surface area contributed by atoms with Gasteiger partial charge in [-0.25, -0.2) is 4.79 Å². The van der Waals surface area contributed by atoms with Crippen LogP contribution in [-0.2, 0) is 29.1 Å². The van der Waals surface area contributed by atoms with E-state index in [1.165, 1.54) is 167 Å². The molecular formula is C43H76O6Zn. The van der Waals surface area contributed by atoms with Gasteiger partial charge in [0, 0.05) is 11.9 Å². The number of rotatable bonds is 33. The topological polar surface area (TPSA) is 118 Å². The van der Waals surface area contributed by atoms with Crippen LogP contribution in [0, 0.1) is 0 Å². The summed E-state index contributed by atoms with van der Waals surface area (Å²) in [6.45, 7) is 4.53. The van der Waals surface area contributed by atoms with Crippen molar-refractivity contribution < 1.29 is 49.2 Å². The van der Waals surface area contributed by atoms with E-state index in [1.54, 1.807) is 30.3 Å². The predicted molar refractivity (Wildman–Crippen MR) is 203 cm³/mol. The Labute approximate surface area is 321 Å². The zero-order valence-corrected chi connectivity index (χ0v) is 35.7. The molecule has 0 amide bonds. The van der Waals surface area contributed by atoms with E-state index in [0.29, 0.717) is 5.56 Å². The van der Waals surface area contributed by atoms with Crippen LogP contribution in [0.1, 0.15) is 230 Å². The Hall–Kier alpha value is -1.75. The molecule has 7 heteroatoms. The predicted octanol–water partition coefficient (Wildman–Crippen LogP) is 11.4. The molecule has 0 saturated heterocycles. The summed E-state index contributed by atoms with van der Waals surface area (Å²) in [6, 6.07) is 8.30. The number of unbranched alkanes of at least 4 members (excludes halogenated alkanes) is 28. The molecule has 6 nitrogen and oxygen atoms in total. The van der Waals surface area contributed by atoms with Crippen LogP contribution < -0.4 is 10.2 Å². The molecule has 286 valence electrons. The van der Waals surface area contributed by atoms with Crippen LogP contribution in [0.4, 0.5) is 0 Å². The van der Waals surface area contributed by atoms with E-state index < -0.39 is 17.9 Å². The van der Waals surface area contributed by atoms with Crippen LogP contribution in [0.2, 0.25) is 0 Å². The summed E-state index contributed by atoms with van der Waals surface area (Å²) in [5.41, 5.74) is 0.331. The van der Waals surface area contributed by atoms with Gasteiger partial charge in [-0.3, -0.25) is 0 Å². The first-order valence-corrected chi connectivity index (χ1v) is 20.5. The van der Waals surface area contributed by atoms with E-state index in [4.69, 9.17) is 5.11 Å². The minimum Gasteiger partial charge on any atom is -0.550 e. The molecule has 50 heavy (non-hydrogen) atoms. The van der Waals surface area contributed by atoms with E-state index in [9.17, 15) is 24.6 Å². The molecule has 0 aromatic heterocycles. The van der Waals surface area contributed by atoms with Crippen molar-refractivity contribution in [3.05, 3.63) is 35.9 Å². The summed E-state index contributed by atoms with van der Waals surface area (Å²) in [5, 5.41) is 28.8. The quantitative estimate of drug-likeness (QED) is 0.0564. The van der Waals surface area contributed by atoms with Crippen molar-refractivity contribution in [2.45, 2.75) is 219 Å². The van der Waals surface area contributed by atoms with Crippen molar-refractivity contribution in [3.63, 3.8) is 0 Å². The summed E-state index contributed by atoms with van der Waals surface area (Å²) < 4.78 is 0. The Kier molecular flexibility index (Phi) is 47.6. The van der Waals surface area contributed by atoms with Crippen molar-refractivity contribution in [2.75, 3.05) is 0 Å². The molecule has 1 N–H and O–H groups in total. The molecule has 0 atom stereocenters. The van der Waals surface area contributed by atoms with Gasteiger partial charge in [-0.05, 0) is 37.8 Å². The number of carbonyl (C=O) groups is 3. The van der Waals surface area contributed by atoms with E-state index in [-0.39, 0.29) is 32.3 Å². The number of carbonyl (C=O) groups excluding carboxylic acids is 2. The molecule has 0 bridgehead atoms. The monoisotopic (exact) mass is 752 g/mol. The summed E-state index contributed by atoms with van der Waals surface area (Å²) in [7, 11) is 0. The first-order valence-electron chi connectivity index (χ1n) is 20.5. The fourth-order valence-electron chi connectivity index (χ4n) is 5.86. The molecule has 0 radical (unpaired) electrons. The van der Waals surface area contributed by atoms with Gasteiger partial charge in [-0.1, -0.05) is 212 Å². The average Bonchev–Trinajstić information content (AvgIpc) is 3.09. The molecule has 0 aliphatic carbocycles. The third-order valence-electron chi connectivity index (χ3n) is 8.99. The van der Waals surface area contributed by atoms with Crippen molar-refractivity contribution in [1.29, 1.82) is 0 Å². The Bertz CT molecular complexity index is 788. The van der Waals surface area contributed by atoms with Crippen LogP contribution in [0.25, 0.3) is 0 Å². The maximum atomic E-state index is 10.2. The molecule has 1 rings (SSSR count).